The Kier molecular flexibility index (Phi) is 12.6. The van der Waals surface area contributed by atoms with Gasteiger partial charge in [-0.2, -0.15) is 5.10 Å². The minimum absolute atomic E-state index is 0.0491. The molecule has 0 bridgehead atoms. The number of methoxy groups -OCH3 is 1. The largest absolute Gasteiger partial charge is 0.493 e. The molecule has 18 nitrogen and oxygen atoms in total. The number of piperidine rings is 1. The normalized spacial score (nSPS) is 19.6. The highest BCUT2D eigenvalue weighted by molar-refractivity contribution is 7.90. The summed E-state index contributed by atoms with van der Waals surface area (Å²) in [7, 11) is -0.491. The summed E-state index contributed by atoms with van der Waals surface area (Å²) in [5.74, 6) is -2.70. The van der Waals surface area contributed by atoms with Crippen LogP contribution in [-0.4, -0.2) is 145 Å². The Morgan fingerprint density at radius 1 is 0.882 bits per heavy atom. The Balaban J connectivity index is 0.815. The predicted molar refractivity (Wildman–Crippen MR) is 246 cm³/mol. The summed E-state index contributed by atoms with van der Waals surface area (Å²) < 4.78 is 76.5. The van der Waals surface area contributed by atoms with E-state index in [-0.39, 0.29) is 68.4 Å². The van der Waals surface area contributed by atoms with E-state index in [0.29, 0.717) is 54.1 Å². The number of aromatic nitrogens is 3. The van der Waals surface area contributed by atoms with Crippen LogP contribution < -0.4 is 29.3 Å². The van der Waals surface area contributed by atoms with Crippen LogP contribution in [0.1, 0.15) is 57.7 Å². The number of amides is 5. The van der Waals surface area contributed by atoms with Gasteiger partial charge < -0.3 is 19.1 Å². The molecule has 0 radical (unpaired) electrons. The number of urea groups is 1. The first-order valence-electron chi connectivity index (χ1n) is 22.3. The number of aryl methyl sites for hydroxylation is 1. The Bertz CT molecular complexity index is 2910. The van der Waals surface area contributed by atoms with Gasteiger partial charge in [-0.3, -0.25) is 44.0 Å². The maximum atomic E-state index is 16.1. The molecule has 21 heteroatoms. The summed E-state index contributed by atoms with van der Waals surface area (Å²) >= 11 is 0. The van der Waals surface area contributed by atoms with Gasteiger partial charge in [-0.25, -0.2) is 27.0 Å². The van der Waals surface area contributed by atoms with Crippen LogP contribution in [0.25, 0.3) is 10.9 Å². The number of imide groups is 2. The number of likely N-dealkylation sites (tertiary alicyclic amines) is 1. The van der Waals surface area contributed by atoms with Crippen LogP contribution in [0.2, 0.25) is 0 Å². The van der Waals surface area contributed by atoms with Crippen LogP contribution in [0.5, 0.6) is 23.0 Å². The molecule has 5 aromatic rings. The molecule has 1 N–H and O–H groups in total. The predicted octanol–water partition coefficient (Wildman–Crippen LogP) is 5.03. The second kappa shape index (κ2) is 18.4. The van der Waals surface area contributed by atoms with Gasteiger partial charge in [-0.15, -0.1) is 0 Å². The van der Waals surface area contributed by atoms with Crippen LogP contribution >= 0.6 is 0 Å². The summed E-state index contributed by atoms with van der Waals surface area (Å²) in [5.41, 5.74) is 2.08. The fraction of sp³-hybridized carbons (Fsp3) is 0.404. The first-order chi connectivity index (χ1) is 32.5. The number of nitrogens with zero attached hydrogens (tertiary/aromatic N) is 8. The van der Waals surface area contributed by atoms with Gasteiger partial charge >= 0.3 is 6.03 Å². The van der Waals surface area contributed by atoms with Gasteiger partial charge in [0.2, 0.25) is 5.91 Å². The van der Waals surface area contributed by atoms with Gasteiger partial charge in [0, 0.05) is 83.2 Å². The molecule has 3 aromatic carbocycles. The average molecular weight is 956 g/mol. The highest BCUT2D eigenvalue weighted by Crippen LogP contribution is 2.40. The Morgan fingerprint density at radius 2 is 1.63 bits per heavy atom. The van der Waals surface area contributed by atoms with Crippen molar-refractivity contribution in [2.24, 2.45) is 7.05 Å². The number of hydrogen-bond acceptors (Lipinski definition) is 14. The molecular weight excluding hydrogens is 905 g/mol. The summed E-state index contributed by atoms with van der Waals surface area (Å²) in [5, 5.41) is 7.56. The summed E-state index contributed by atoms with van der Waals surface area (Å²) in [4.78, 5) is 64.7. The number of pyridine rings is 1. The number of halogens is 2. The molecule has 0 unspecified atom stereocenters. The van der Waals surface area contributed by atoms with Crippen molar-refractivity contribution in [1.29, 1.82) is 0 Å². The molecule has 2 atom stereocenters. The minimum Gasteiger partial charge on any atom is -0.493 e. The number of hydrogen-bond donors (Lipinski definition) is 1. The van der Waals surface area contributed by atoms with Crippen molar-refractivity contribution in [2.75, 3.05) is 81.3 Å². The molecule has 4 aliphatic rings. The minimum atomic E-state index is -3.72. The third-order valence-electron chi connectivity index (χ3n) is 12.8. The lowest BCUT2D eigenvalue weighted by molar-refractivity contribution is -0.129. The van der Waals surface area contributed by atoms with Crippen molar-refractivity contribution in [3.8, 4) is 23.0 Å². The number of sulfone groups is 1. The lowest BCUT2D eigenvalue weighted by Gasteiger charge is -2.46. The van der Waals surface area contributed by atoms with E-state index in [2.05, 4.69) is 15.4 Å². The molecule has 2 aromatic heterocycles. The molecule has 358 valence electrons. The van der Waals surface area contributed by atoms with Crippen molar-refractivity contribution >= 4 is 56.1 Å². The molecule has 0 spiro atoms. The summed E-state index contributed by atoms with van der Waals surface area (Å²) in [6.07, 6.45) is 2.89. The van der Waals surface area contributed by atoms with Crippen molar-refractivity contribution in [1.82, 2.24) is 34.8 Å². The van der Waals surface area contributed by atoms with Crippen molar-refractivity contribution in [3.05, 3.63) is 95.2 Å². The third-order valence-corrected chi connectivity index (χ3v) is 13.8. The molecule has 6 heterocycles. The zero-order valence-electron chi connectivity index (χ0n) is 38.0. The van der Waals surface area contributed by atoms with Crippen molar-refractivity contribution < 1.29 is 50.6 Å². The first kappa shape index (κ1) is 46.4. The third kappa shape index (κ3) is 9.16. The standard InChI is InChI=1S/C47H51F2N9O9S/c1-5-66-38-24-30(8-13-37(38)65-3)36(27-68(4,63)64)58-44(60)34-14-17-50-43(41(34)45(58)61)56-22-20-55(21-23-56)39-15-18-54(28-47(39,48)49)26-29-6-9-31(10-7-29)67-32-11-12-33-35(25-32)53(2)52-42(33)57-19-16-40(59)51-46(57)62/h6-14,17,24-25,36,39H,5,15-16,18-23,26-28H2,1-4H3,(H,51,59,62)/t36-,39+/m1/s1. The summed E-state index contributed by atoms with van der Waals surface area (Å²) in [6.45, 7) is 3.75. The first-order valence-corrected chi connectivity index (χ1v) is 24.4. The van der Waals surface area contributed by atoms with Gasteiger partial charge in [0.05, 0.1) is 54.7 Å². The Hall–Kier alpha value is -6.71. The topological polar surface area (TPSA) is 189 Å². The van der Waals surface area contributed by atoms with Crippen molar-refractivity contribution in [3.63, 3.8) is 0 Å². The van der Waals surface area contributed by atoms with Gasteiger partial charge in [0.15, 0.2) is 17.3 Å². The van der Waals surface area contributed by atoms with Crippen molar-refractivity contribution in [2.45, 2.75) is 44.3 Å². The van der Waals surface area contributed by atoms with Crippen LogP contribution in [-0.2, 0) is 28.2 Å². The molecule has 3 saturated heterocycles. The molecule has 68 heavy (non-hydrogen) atoms. The quantitative estimate of drug-likeness (QED) is 0.146. The van der Waals surface area contributed by atoms with Crippen LogP contribution in [0.3, 0.4) is 0 Å². The molecule has 4 aliphatic heterocycles. The number of piperazine rings is 1. The average Bonchev–Trinajstić information content (AvgIpc) is 3.76. The monoisotopic (exact) mass is 955 g/mol. The van der Waals surface area contributed by atoms with Gasteiger partial charge in [0.25, 0.3) is 17.7 Å². The molecule has 9 rings (SSSR count). The second-order valence-corrected chi connectivity index (χ2v) is 19.6. The highest BCUT2D eigenvalue weighted by Gasteiger charge is 2.49. The number of carbonyl (C=O) groups is 4. The number of rotatable bonds is 14. The Morgan fingerprint density at radius 3 is 2.32 bits per heavy atom. The van der Waals surface area contributed by atoms with Gasteiger partial charge in [0.1, 0.15) is 27.2 Å². The van der Waals surface area contributed by atoms with Crippen LogP contribution in [0.4, 0.5) is 25.2 Å². The number of carbonyl (C=O) groups excluding carboxylic acids is 4. The molecule has 3 fully saturated rings. The lowest BCUT2D eigenvalue weighted by Crippen LogP contribution is -2.61. The fourth-order valence-electron chi connectivity index (χ4n) is 9.61. The maximum absolute atomic E-state index is 16.1. The van der Waals surface area contributed by atoms with E-state index in [1.54, 1.807) is 64.9 Å². The Labute approximate surface area is 391 Å². The van der Waals surface area contributed by atoms with E-state index >= 15 is 8.78 Å². The molecule has 0 aliphatic carbocycles. The van der Waals surface area contributed by atoms with E-state index in [1.165, 1.54) is 24.3 Å². The van der Waals surface area contributed by atoms with Crippen LogP contribution in [0, 0.1) is 0 Å². The number of anilines is 2. The number of nitrogens with one attached hydrogen (secondary N) is 1. The van der Waals surface area contributed by atoms with E-state index in [0.717, 1.165) is 27.6 Å². The lowest BCUT2D eigenvalue weighted by atomic mass is 9.97. The van der Waals surface area contributed by atoms with Gasteiger partial charge in [-0.05, 0) is 66.9 Å². The summed E-state index contributed by atoms with van der Waals surface area (Å²) in [6, 6.07) is 16.2. The molecule has 0 saturated carbocycles. The zero-order chi connectivity index (χ0) is 48.1. The number of ether oxygens (including phenoxy) is 3. The van der Waals surface area contributed by atoms with Crippen LogP contribution in [0.15, 0.2) is 72.9 Å². The highest BCUT2D eigenvalue weighted by atomic mass is 32.2. The number of benzene rings is 3. The molecule has 5 amide bonds. The van der Waals surface area contributed by atoms with E-state index in [9.17, 15) is 27.6 Å². The zero-order valence-corrected chi connectivity index (χ0v) is 38.8. The van der Waals surface area contributed by atoms with Gasteiger partial charge in [-0.1, -0.05) is 18.2 Å². The van der Waals surface area contributed by atoms with E-state index in [1.807, 2.05) is 29.2 Å². The molecular formula is C47H51F2N9O9S. The fourth-order valence-corrected chi connectivity index (χ4v) is 10.5. The smallest absolute Gasteiger partial charge is 0.329 e. The SMILES string of the molecule is CCOc1cc([C@@H](CS(C)(=O)=O)N2C(=O)c3ccnc(N4CCN([C@H]5CCN(Cc6ccc(Oc7ccc8c(N9CCC(=O)NC9=O)nn(C)c8c7)cc6)CC5(F)F)CC4)c3C2=O)ccc1OC. The number of alkyl halides is 2. The van der Waals surface area contributed by atoms with E-state index < -0.39 is 58.0 Å². The van der Waals surface area contributed by atoms with E-state index in [4.69, 9.17) is 14.2 Å². The number of fused-ring (bicyclic) bond motifs is 2. The second-order valence-electron chi connectivity index (χ2n) is 17.4. The maximum Gasteiger partial charge on any atom is 0.329 e.